The second-order valence-corrected chi connectivity index (χ2v) is 4.86. The average Bonchev–Trinajstić information content (AvgIpc) is 2.86. The highest BCUT2D eigenvalue weighted by Gasteiger charge is 2.30. The van der Waals surface area contributed by atoms with Crippen molar-refractivity contribution in [2.45, 2.75) is 25.4 Å². The van der Waals surface area contributed by atoms with Crippen molar-refractivity contribution in [1.82, 2.24) is 9.78 Å². The first kappa shape index (κ1) is 15.1. The summed E-state index contributed by atoms with van der Waals surface area (Å²) in [6, 6.07) is 8.90. The highest BCUT2D eigenvalue weighted by Crippen LogP contribution is 2.19. The quantitative estimate of drug-likeness (QED) is 0.885. The topological polar surface area (TPSA) is 72.9 Å². The first-order valence-corrected chi connectivity index (χ1v) is 6.36. The van der Waals surface area contributed by atoms with E-state index in [2.05, 4.69) is 10.4 Å². The minimum Gasteiger partial charge on any atom is -0.322 e. The summed E-state index contributed by atoms with van der Waals surface area (Å²) in [5.74, 6) is -0.440. The third-order valence-corrected chi connectivity index (χ3v) is 3.06. The van der Waals surface area contributed by atoms with Gasteiger partial charge in [-0.3, -0.25) is 9.48 Å². The molecule has 1 atom stereocenters. The van der Waals surface area contributed by atoms with Gasteiger partial charge in [0.15, 0.2) is 0 Å². The van der Waals surface area contributed by atoms with Gasteiger partial charge < -0.3 is 11.1 Å². The zero-order valence-electron chi connectivity index (χ0n) is 11.5. The summed E-state index contributed by atoms with van der Waals surface area (Å²) in [5.41, 5.74) is 5.81. The maximum atomic E-state index is 12.2. The fraction of sp³-hybridized carbons (Fsp3) is 0.286. The highest BCUT2D eigenvalue weighted by molar-refractivity contribution is 5.98. The zero-order chi connectivity index (χ0) is 15.5. The van der Waals surface area contributed by atoms with Crippen LogP contribution in [-0.2, 0) is 16.9 Å². The van der Waals surface area contributed by atoms with Gasteiger partial charge in [-0.15, -0.1) is 0 Å². The van der Waals surface area contributed by atoms with Crippen LogP contribution in [-0.4, -0.2) is 22.1 Å². The molecule has 2 aromatic rings. The Morgan fingerprint density at radius 2 is 2.10 bits per heavy atom. The number of nitrogens with one attached hydrogen (secondary N) is 1. The molecular formula is C14H16F2N4O. The monoisotopic (exact) mass is 294 g/mol. The van der Waals surface area contributed by atoms with Crippen molar-refractivity contribution in [3.05, 3.63) is 48.3 Å². The number of rotatable bonds is 5. The molecule has 0 aliphatic carbocycles. The van der Waals surface area contributed by atoms with E-state index in [0.29, 0.717) is 11.3 Å². The molecule has 0 bridgehead atoms. The van der Waals surface area contributed by atoms with E-state index in [4.69, 9.17) is 5.73 Å². The van der Waals surface area contributed by atoms with E-state index >= 15 is 0 Å². The van der Waals surface area contributed by atoms with Crippen LogP contribution in [0, 0.1) is 0 Å². The molecule has 0 radical (unpaired) electrons. The van der Waals surface area contributed by atoms with Gasteiger partial charge in [-0.25, -0.2) is 8.78 Å². The summed E-state index contributed by atoms with van der Waals surface area (Å²) in [7, 11) is 0. The molecule has 1 aromatic heterocycles. The largest absolute Gasteiger partial charge is 0.322 e. The van der Waals surface area contributed by atoms with Crippen LogP contribution < -0.4 is 11.1 Å². The molecule has 1 heterocycles. The fourth-order valence-corrected chi connectivity index (χ4v) is 1.85. The van der Waals surface area contributed by atoms with Crippen molar-refractivity contribution >= 4 is 11.6 Å². The molecule has 7 heteroatoms. The first-order valence-electron chi connectivity index (χ1n) is 6.36. The Bertz CT molecular complexity index is 610. The normalized spacial score (nSPS) is 14.0. The van der Waals surface area contributed by atoms with Gasteiger partial charge >= 0.3 is 0 Å². The zero-order valence-corrected chi connectivity index (χ0v) is 11.5. The third kappa shape index (κ3) is 3.63. The number of halogens is 2. The van der Waals surface area contributed by atoms with Crippen molar-refractivity contribution in [2.24, 2.45) is 5.73 Å². The van der Waals surface area contributed by atoms with Crippen LogP contribution in [0.1, 0.15) is 12.5 Å². The molecule has 112 valence electrons. The summed E-state index contributed by atoms with van der Waals surface area (Å²) >= 11 is 0. The van der Waals surface area contributed by atoms with Crippen molar-refractivity contribution in [3.8, 4) is 0 Å². The Morgan fingerprint density at radius 1 is 1.43 bits per heavy atom. The van der Waals surface area contributed by atoms with Gasteiger partial charge in [0.05, 0.1) is 11.9 Å². The summed E-state index contributed by atoms with van der Waals surface area (Å²) < 4.78 is 25.5. The Balaban J connectivity index is 2.09. The molecule has 1 aromatic carbocycles. The predicted molar refractivity (Wildman–Crippen MR) is 74.8 cm³/mol. The molecule has 0 saturated heterocycles. The van der Waals surface area contributed by atoms with Crippen LogP contribution >= 0.6 is 0 Å². The van der Waals surface area contributed by atoms with Gasteiger partial charge in [0, 0.05) is 6.20 Å². The number of amides is 1. The van der Waals surface area contributed by atoms with Crippen molar-refractivity contribution in [1.29, 1.82) is 0 Å². The SMILES string of the molecule is CC(N)(C(=O)Nc1cnn(CC(F)F)c1)c1ccccc1. The fourth-order valence-electron chi connectivity index (χ4n) is 1.85. The summed E-state index contributed by atoms with van der Waals surface area (Å²) in [6.45, 7) is 1.07. The molecule has 0 fully saturated rings. The van der Waals surface area contributed by atoms with Crippen LogP contribution in [0.3, 0.4) is 0 Å². The van der Waals surface area contributed by atoms with E-state index in [-0.39, 0.29) is 0 Å². The number of nitrogens with zero attached hydrogens (tertiary/aromatic N) is 2. The third-order valence-electron chi connectivity index (χ3n) is 3.06. The van der Waals surface area contributed by atoms with Crippen LogP contribution in [0.4, 0.5) is 14.5 Å². The molecule has 0 saturated carbocycles. The lowest BCUT2D eigenvalue weighted by atomic mass is 9.92. The van der Waals surface area contributed by atoms with E-state index in [1.807, 2.05) is 6.07 Å². The smallest absolute Gasteiger partial charge is 0.257 e. The Hall–Kier alpha value is -2.28. The molecule has 0 aliphatic rings. The Labute approximate surface area is 120 Å². The lowest BCUT2D eigenvalue weighted by Crippen LogP contribution is -2.45. The second kappa shape index (κ2) is 6.01. The molecule has 5 nitrogen and oxygen atoms in total. The number of hydrogen-bond acceptors (Lipinski definition) is 3. The number of anilines is 1. The Morgan fingerprint density at radius 3 is 2.71 bits per heavy atom. The van der Waals surface area contributed by atoms with E-state index in [9.17, 15) is 13.6 Å². The highest BCUT2D eigenvalue weighted by atomic mass is 19.3. The second-order valence-electron chi connectivity index (χ2n) is 4.86. The minimum absolute atomic E-state index is 0.327. The number of hydrogen-bond donors (Lipinski definition) is 2. The molecule has 21 heavy (non-hydrogen) atoms. The van der Waals surface area contributed by atoms with Gasteiger partial charge in [-0.05, 0) is 12.5 Å². The number of benzene rings is 1. The molecule has 1 unspecified atom stereocenters. The van der Waals surface area contributed by atoms with E-state index in [1.165, 1.54) is 12.4 Å². The van der Waals surface area contributed by atoms with Crippen molar-refractivity contribution < 1.29 is 13.6 Å². The molecule has 1 amide bonds. The first-order chi connectivity index (χ1) is 9.89. The molecule has 2 rings (SSSR count). The van der Waals surface area contributed by atoms with Crippen LogP contribution in [0.25, 0.3) is 0 Å². The number of aromatic nitrogens is 2. The van der Waals surface area contributed by atoms with Crippen molar-refractivity contribution in [3.63, 3.8) is 0 Å². The minimum atomic E-state index is -2.50. The summed E-state index contributed by atoms with van der Waals surface area (Å²) in [6.07, 6.45) is 0.143. The maximum absolute atomic E-state index is 12.2. The van der Waals surface area contributed by atoms with E-state index < -0.39 is 24.4 Å². The number of carbonyl (C=O) groups is 1. The molecule has 3 N–H and O–H groups in total. The summed E-state index contributed by atoms with van der Waals surface area (Å²) in [5, 5.41) is 6.33. The van der Waals surface area contributed by atoms with Gasteiger partial charge in [0.2, 0.25) is 5.91 Å². The predicted octanol–water partition coefficient (Wildman–Crippen LogP) is 1.96. The van der Waals surface area contributed by atoms with Crippen molar-refractivity contribution in [2.75, 3.05) is 5.32 Å². The van der Waals surface area contributed by atoms with Gasteiger partial charge in [0.25, 0.3) is 6.43 Å². The van der Waals surface area contributed by atoms with Gasteiger partial charge in [-0.1, -0.05) is 30.3 Å². The van der Waals surface area contributed by atoms with Crippen LogP contribution in [0.2, 0.25) is 0 Å². The van der Waals surface area contributed by atoms with Crippen LogP contribution in [0.5, 0.6) is 0 Å². The standard InChI is InChI=1S/C14H16F2N4O/c1-14(17,10-5-3-2-4-6-10)13(21)19-11-7-18-20(8-11)9-12(15)16/h2-8,12H,9,17H2,1H3,(H,19,21). The lowest BCUT2D eigenvalue weighted by molar-refractivity contribution is -0.120. The maximum Gasteiger partial charge on any atom is 0.257 e. The average molecular weight is 294 g/mol. The van der Waals surface area contributed by atoms with Gasteiger partial charge in [-0.2, -0.15) is 5.10 Å². The summed E-state index contributed by atoms with van der Waals surface area (Å²) in [4.78, 5) is 12.2. The number of alkyl halides is 2. The molecule has 0 spiro atoms. The van der Waals surface area contributed by atoms with E-state index in [0.717, 1.165) is 4.68 Å². The molecular weight excluding hydrogens is 278 g/mol. The number of carbonyl (C=O) groups excluding carboxylic acids is 1. The lowest BCUT2D eigenvalue weighted by Gasteiger charge is -2.23. The number of nitrogens with two attached hydrogens (primary N) is 1. The Kier molecular flexibility index (Phi) is 4.32. The molecule has 0 aliphatic heterocycles. The van der Waals surface area contributed by atoms with Crippen LogP contribution in [0.15, 0.2) is 42.7 Å². The van der Waals surface area contributed by atoms with Gasteiger partial charge in [0.1, 0.15) is 12.1 Å². The van der Waals surface area contributed by atoms with E-state index in [1.54, 1.807) is 31.2 Å².